The van der Waals surface area contributed by atoms with E-state index in [0.29, 0.717) is 0 Å². The highest BCUT2D eigenvalue weighted by atomic mass is 15.1. The summed E-state index contributed by atoms with van der Waals surface area (Å²) in [5.41, 5.74) is 4.65. The first kappa shape index (κ1) is 15.8. The zero-order chi connectivity index (χ0) is 15.8. The van der Waals surface area contributed by atoms with E-state index < -0.39 is 0 Å². The van der Waals surface area contributed by atoms with E-state index in [2.05, 4.69) is 65.3 Å². The van der Waals surface area contributed by atoms with E-state index >= 15 is 0 Å². The zero-order valence-corrected chi connectivity index (χ0v) is 13.4. The summed E-state index contributed by atoms with van der Waals surface area (Å²) in [6.45, 7) is 6.10. The van der Waals surface area contributed by atoms with Crippen LogP contribution in [-0.2, 0) is 0 Å². The van der Waals surface area contributed by atoms with Crippen molar-refractivity contribution in [2.45, 2.75) is 20.8 Å². The lowest BCUT2D eigenvalue weighted by Crippen LogP contribution is -2.09. The van der Waals surface area contributed by atoms with Crippen molar-refractivity contribution in [3.8, 4) is 0 Å². The van der Waals surface area contributed by atoms with Crippen molar-refractivity contribution in [2.24, 2.45) is 0 Å². The molecule has 0 aliphatic carbocycles. The molecular weight excluding hydrogens is 268 g/mol. The van der Waals surface area contributed by atoms with Crippen LogP contribution in [0, 0.1) is 6.92 Å². The number of benzene rings is 2. The summed E-state index contributed by atoms with van der Waals surface area (Å²) >= 11 is 0. The third-order valence-corrected chi connectivity index (χ3v) is 3.23. The third-order valence-electron chi connectivity index (χ3n) is 3.23. The molecule has 1 heterocycles. The van der Waals surface area contributed by atoms with E-state index in [1.165, 1.54) is 5.56 Å². The summed E-state index contributed by atoms with van der Waals surface area (Å²) in [5.74, 6) is 0. The molecule has 0 bridgehead atoms. The normalized spacial score (nSPS) is 9.59. The maximum absolute atomic E-state index is 4.10. The van der Waals surface area contributed by atoms with Gasteiger partial charge in [0.15, 0.2) is 0 Å². The topological polar surface area (TPSA) is 16.1 Å². The molecule has 2 aromatic carbocycles. The number of anilines is 3. The molecule has 0 radical (unpaired) electrons. The Morgan fingerprint density at radius 1 is 0.636 bits per heavy atom. The van der Waals surface area contributed by atoms with E-state index in [9.17, 15) is 0 Å². The average Bonchev–Trinajstić information content (AvgIpc) is 2.61. The van der Waals surface area contributed by atoms with Crippen LogP contribution in [0.3, 0.4) is 0 Å². The molecule has 0 N–H and O–H groups in total. The van der Waals surface area contributed by atoms with Crippen LogP contribution in [0.4, 0.5) is 17.1 Å². The number of hydrogen-bond donors (Lipinski definition) is 0. The minimum absolute atomic E-state index is 1.11. The van der Waals surface area contributed by atoms with Gasteiger partial charge in [-0.2, -0.15) is 0 Å². The van der Waals surface area contributed by atoms with E-state index in [4.69, 9.17) is 0 Å². The SMILES string of the molecule is CC.Cc1ccc(N(c2ccccc2)c2ccncc2)cc1. The molecule has 2 nitrogen and oxygen atoms in total. The first-order chi connectivity index (χ1) is 10.8. The fraction of sp³-hybridized carbons (Fsp3) is 0.150. The molecule has 0 aliphatic rings. The molecule has 22 heavy (non-hydrogen) atoms. The quantitative estimate of drug-likeness (QED) is 0.598. The fourth-order valence-electron chi connectivity index (χ4n) is 2.21. The molecule has 0 amide bonds. The number of para-hydroxylation sites is 1. The van der Waals surface area contributed by atoms with E-state index in [1.54, 1.807) is 0 Å². The molecule has 0 atom stereocenters. The summed E-state index contributed by atoms with van der Waals surface area (Å²) in [5, 5.41) is 0. The largest absolute Gasteiger partial charge is 0.310 e. The van der Waals surface area contributed by atoms with Crippen LogP contribution < -0.4 is 4.90 Å². The maximum Gasteiger partial charge on any atom is 0.0492 e. The first-order valence-electron chi connectivity index (χ1n) is 7.66. The van der Waals surface area contributed by atoms with Gasteiger partial charge >= 0.3 is 0 Å². The van der Waals surface area contributed by atoms with Crippen LogP contribution in [0.2, 0.25) is 0 Å². The maximum atomic E-state index is 4.10. The molecular formula is C20H22N2. The number of rotatable bonds is 3. The van der Waals surface area contributed by atoms with Crippen LogP contribution in [0.5, 0.6) is 0 Å². The molecule has 0 unspecified atom stereocenters. The van der Waals surface area contributed by atoms with E-state index in [-0.39, 0.29) is 0 Å². The lowest BCUT2D eigenvalue weighted by molar-refractivity contribution is 1.24. The standard InChI is InChI=1S/C18H16N2.C2H6/c1-15-7-9-17(10-8-15)20(16-5-3-2-4-6-16)18-11-13-19-14-12-18;1-2/h2-14H,1H3;1-2H3. The Labute approximate surface area is 133 Å². The molecule has 0 spiro atoms. The Hall–Kier alpha value is -2.61. The lowest BCUT2D eigenvalue weighted by atomic mass is 10.1. The predicted octanol–water partition coefficient (Wildman–Crippen LogP) is 5.89. The fourth-order valence-corrected chi connectivity index (χ4v) is 2.21. The summed E-state index contributed by atoms with van der Waals surface area (Å²) < 4.78 is 0. The van der Waals surface area contributed by atoms with E-state index in [1.807, 2.05) is 44.4 Å². The van der Waals surface area contributed by atoms with Crippen LogP contribution >= 0.6 is 0 Å². The average molecular weight is 290 g/mol. The molecule has 2 heteroatoms. The number of aromatic nitrogens is 1. The first-order valence-corrected chi connectivity index (χ1v) is 7.66. The molecule has 3 rings (SSSR count). The molecule has 0 saturated heterocycles. The zero-order valence-electron chi connectivity index (χ0n) is 13.4. The van der Waals surface area contributed by atoms with Crippen molar-refractivity contribution in [1.29, 1.82) is 0 Å². The van der Waals surface area contributed by atoms with Crippen molar-refractivity contribution in [3.63, 3.8) is 0 Å². The number of nitrogens with zero attached hydrogens (tertiary/aromatic N) is 2. The van der Waals surface area contributed by atoms with Gasteiger partial charge < -0.3 is 4.90 Å². The minimum atomic E-state index is 1.11. The highest BCUT2D eigenvalue weighted by molar-refractivity contribution is 5.76. The Morgan fingerprint density at radius 3 is 1.73 bits per heavy atom. The van der Waals surface area contributed by atoms with Crippen molar-refractivity contribution in [3.05, 3.63) is 84.7 Å². The Bertz CT molecular complexity index is 622. The van der Waals surface area contributed by atoms with Gasteiger partial charge in [-0.25, -0.2) is 0 Å². The lowest BCUT2D eigenvalue weighted by Gasteiger charge is -2.25. The Morgan fingerprint density at radius 2 is 1.14 bits per heavy atom. The van der Waals surface area contributed by atoms with Crippen LogP contribution in [0.15, 0.2) is 79.1 Å². The van der Waals surface area contributed by atoms with Gasteiger partial charge in [-0.15, -0.1) is 0 Å². The van der Waals surface area contributed by atoms with Crippen LogP contribution in [0.25, 0.3) is 0 Å². The monoisotopic (exact) mass is 290 g/mol. The Kier molecular flexibility index (Phi) is 5.73. The molecule has 112 valence electrons. The number of aryl methyl sites for hydroxylation is 1. The summed E-state index contributed by atoms with van der Waals surface area (Å²) in [4.78, 5) is 6.33. The van der Waals surface area contributed by atoms with Crippen molar-refractivity contribution < 1.29 is 0 Å². The second kappa shape index (κ2) is 7.99. The van der Waals surface area contributed by atoms with Crippen molar-refractivity contribution >= 4 is 17.1 Å². The smallest absolute Gasteiger partial charge is 0.0492 e. The van der Waals surface area contributed by atoms with Gasteiger partial charge in [-0.1, -0.05) is 49.7 Å². The van der Waals surface area contributed by atoms with Gasteiger partial charge in [0.25, 0.3) is 0 Å². The second-order valence-corrected chi connectivity index (χ2v) is 4.71. The molecule has 1 aromatic heterocycles. The van der Waals surface area contributed by atoms with Gasteiger partial charge in [0, 0.05) is 29.5 Å². The minimum Gasteiger partial charge on any atom is -0.310 e. The highest BCUT2D eigenvalue weighted by Gasteiger charge is 2.10. The van der Waals surface area contributed by atoms with Crippen LogP contribution in [0.1, 0.15) is 19.4 Å². The summed E-state index contributed by atoms with van der Waals surface area (Å²) in [6, 6.07) is 22.9. The molecule has 0 saturated carbocycles. The van der Waals surface area contributed by atoms with Crippen LogP contribution in [-0.4, -0.2) is 4.98 Å². The Balaban J connectivity index is 0.000000847. The number of pyridine rings is 1. The summed E-state index contributed by atoms with van der Waals surface area (Å²) in [7, 11) is 0. The molecule has 3 aromatic rings. The molecule has 0 aliphatic heterocycles. The van der Waals surface area contributed by atoms with Crippen molar-refractivity contribution in [1.82, 2.24) is 4.98 Å². The number of hydrogen-bond acceptors (Lipinski definition) is 2. The predicted molar refractivity (Wildman–Crippen MR) is 95.0 cm³/mol. The van der Waals surface area contributed by atoms with E-state index in [0.717, 1.165) is 17.1 Å². The molecule has 0 fully saturated rings. The summed E-state index contributed by atoms with van der Waals surface area (Å²) in [6.07, 6.45) is 3.64. The van der Waals surface area contributed by atoms with Gasteiger partial charge in [0.05, 0.1) is 0 Å². The van der Waals surface area contributed by atoms with Crippen molar-refractivity contribution in [2.75, 3.05) is 4.90 Å². The van der Waals surface area contributed by atoms with Gasteiger partial charge in [0.1, 0.15) is 0 Å². The van der Waals surface area contributed by atoms with Gasteiger partial charge in [0.2, 0.25) is 0 Å². The highest BCUT2D eigenvalue weighted by Crippen LogP contribution is 2.33. The van der Waals surface area contributed by atoms with Gasteiger partial charge in [-0.05, 0) is 43.3 Å². The third kappa shape index (κ3) is 3.73. The van der Waals surface area contributed by atoms with Gasteiger partial charge in [-0.3, -0.25) is 4.98 Å². The second-order valence-electron chi connectivity index (χ2n) is 4.71.